The van der Waals surface area contributed by atoms with Gasteiger partial charge in [-0.05, 0) is 43.5 Å². The van der Waals surface area contributed by atoms with Gasteiger partial charge in [0.2, 0.25) is 0 Å². The van der Waals surface area contributed by atoms with Crippen LogP contribution in [0.25, 0.3) is 0 Å². The number of hydrogen-bond donors (Lipinski definition) is 2. The number of nitrogens with two attached hydrogens (primary N) is 1. The Bertz CT molecular complexity index is 591. The predicted molar refractivity (Wildman–Crippen MR) is 82.8 cm³/mol. The van der Waals surface area contributed by atoms with Gasteiger partial charge in [-0.1, -0.05) is 35.9 Å². The highest BCUT2D eigenvalue weighted by Crippen LogP contribution is 2.33. The van der Waals surface area contributed by atoms with Crippen LogP contribution in [0.15, 0.2) is 36.4 Å². The van der Waals surface area contributed by atoms with Crippen molar-refractivity contribution in [3.63, 3.8) is 0 Å². The van der Waals surface area contributed by atoms with E-state index in [0.29, 0.717) is 0 Å². The van der Waals surface area contributed by atoms with Gasteiger partial charge in [-0.25, -0.2) is 5.43 Å². The van der Waals surface area contributed by atoms with Crippen LogP contribution in [0.1, 0.15) is 33.9 Å². The van der Waals surface area contributed by atoms with Crippen LogP contribution in [0, 0.1) is 20.8 Å². The molecule has 0 heterocycles. The van der Waals surface area contributed by atoms with Gasteiger partial charge in [0.05, 0.1) is 13.2 Å². The summed E-state index contributed by atoms with van der Waals surface area (Å²) in [7, 11) is 1.69. The number of hydrogen-bond acceptors (Lipinski definition) is 3. The lowest BCUT2D eigenvalue weighted by Gasteiger charge is -2.22. The summed E-state index contributed by atoms with van der Waals surface area (Å²) in [6.07, 6.45) is 0. The number of hydrazine groups is 1. The van der Waals surface area contributed by atoms with E-state index in [9.17, 15) is 0 Å². The van der Waals surface area contributed by atoms with Crippen molar-refractivity contribution in [1.82, 2.24) is 5.43 Å². The Morgan fingerprint density at radius 1 is 1.00 bits per heavy atom. The first-order valence-electron chi connectivity index (χ1n) is 6.74. The van der Waals surface area contributed by atoms with Crippen molar-refractivity contribution in [1.29, 1.82) is 0 Å². The SMILES string of the molecule is COc1cc(C)cc(C)c1C(NN)c1ccc(C)cc1. The molecule has 0 bridgehead atoms. The Morgan fingerprint density at radius 2 is 1.65 bits per heavy atom. The van der Waals surface area contributed by atoms with E-state index in [2.05, 4.69) is 56.5 Å². The first kappa shape index (κ1) is 14.6. The molecule has 3 N–H and O–H groups in total. The summed E-state index contributed by atoms with van der Waals surface area (Å²) in [6.45, 7) is 6.23. The van der Waals surface area contributed by atoms with Crippen molar-refractivity contribution >= 4 is 0 Å². The molecule has 2 rings (SSSR count). The monoisotopic (exact) mass is 270 g/mol. The van der Waals surface area contributed by atoms with Crippen molar-refractivity contribution in [2.45, 2.75) is 26.8 Å². The zero-order valence-corrected chi connectivity index (χ0v) is 12.5. The van der Waals surface area contributed by atoms with Crippen molar-refractivity contribution in [2.75, 3.05) is 7.11 Å². The molecule has 0 saturated carbocycles. The molecule has 0 amide bonds. The first-order chi connectivity index (χ1) is 9.56. The van der Waals surface area contributed by atoms with Crippen LogP contribution >= 0.6 is 0 Å². The van der Waals surface area contributed by atoms with Crippen LogP contribution in [-0.4, -0.2) is 7.11 Å². The van der Waals surface area contributed by atoms with Crippen molar-refractivity contribution < 1.29 is 4.74 Å². The molecule has 2 aromatic rings. The van der Waals surface area contributed by atoms with E-state index >= 15 is 0 Å². The predicted octanol–water partition coefficient (Wildman–Crippen LogP) is 3.17. The molecule has 0 aromatic heterocycles. The van der Waals surface area contributed by atoms with Gasteiger partial charge < -0.3 is 4.74 Å². The zero-order valence-electron chi connectivity index (χ0n) is 12.5. The maximum Gasteiger partial charge on any atom is 0.124 e. The molecular formula is C17H22N2O. The molecule has 0 saturated heterocycles. The Balaban J connectivity index is 2.54. The van der Waals surface area contributed by atoms with E-state index in [0.717, 1.165) is 16.9 Å². The van der Waals surface area contributed by atoms with E-state index in [1.54, 1.807) is 7.11 Å². The molecule has 0 fully saturated rings. The normalized spacial score (nSPS) is 12.2. The second kappa shape index (κ2) is 6.07. The minimum Gasteiger partial charge on any atom is -0.496 e. The number of ether oxygens (including phenoxy) is 1. The fourth-order valence-electron chi connectivity index (χ4n) is 2.58. The van der Waals surface area contributed by atoms with Crippen LogP contribution in [0.3, 0.4) is 0 Å². The summed E-state index contributed by atoms with van der Waals surface area (Å²) >= 11 is 0. The van der Waals surface area contributed by atoms with E-state index in [1.807, 2.05) is 6.07 Å². The standard InChI is InChI=1S/C17H22N2O/c1-11-5-7-14(8-6-11)17(19-18)16-13(3)9-12(2)10-15(16)20-4/h5-10,17,19H,18H2,1-4H3. The summed E-state index contributed by atoms with van der Waals surface area (Å²) in [5.74, 6) is 6.67. The molecular weight excluding hydrogens is 248 g/mol. The van der Waals surface area contributed by atoms with Gasteiger partial charge in [-0.2, -0.15) is 0 Å². The second-order valence-electron chi connectivity index (χ2n) is 5.21. The van der Waals surface area contributed by atoms with Crippen molar-refractivity contribution in [3.05, 3.63) is 64.2 Å². The minimum atomic E-state index is -0.0776. The summed E-state index contributed by atoms with van der Waals surface area (Å²) in [4.78, 5) is 0. The molecule has 1 atom stereocenters. The van der Waals surface area contributed by atoms with E-state index in [1.165, 1.54) is 16.7 Å². The van der Waals surface area contributed by atoms with E-state index in [-0.39, 0.29) is 6.04 Å². The second-order valence-corrected chi connectivity index (χ2v) is 5.21. The molecule has 3 heteroatoms. The lowest BCUT2D eigenvalue weighted by atomic mass is 9.93. The van der Waals surface area contributed by atoms with E-state index < -0.39 is 0 Å². The fourth-order valence-corrected chi connectivity index (χ4v) is 2.58. The summed E-state index contributed by atoms with van der Waals surface area (Å²) in [5, 5.41) is 0. The molecule has 2 aromatic carbocycles. The molecule has 0 aliphatic rings. The highest BCUT2D eigenvalue weighted by atomic mass is 16.5. The molecule has 3 nitrogen and oxygen atoms in total. The summed E-state index contributed by atoms with van der Waals surface area (Å²) < 4.78 is 5.54. The number of nitrogens with one attached hydrogen (secondary N) is 1. The molecule has 106 valence electrons. The van der Waals surface area contributed by atoms with Crippen molar-refractivity contribution in [3.8, 4) is 5.75 Å². The van der Waals surface area contributed by atoms with Gasteiger partial charge in [0, 0.05) is 5.56 Å². The highest BCUT2D eigenvalue weighted by Gasteiger charge is 2.19. The lowest BCUT2D eigenvalue weighted by Crippen LogP contribution is -2.29. The fraction of sp³-hybridized carbons (Fsp3) is 0.294. The zero-order chi connectivity index (χ0) is 14.7. The average molecular weight is 270 g/mol. The number of benzene rings is 2. The molecule has 0 radical (unpaired) electrons. The molecule has 0 spiro atoms. The van der Waals surface area contributed by atoms with E-state index in [4.69, 9.17) is 10.6 Å². The van der Waals surface area contributed by atoms with Gasteiger partial charge in [0.1, 0.15) is 5.75 Å². The topological polar surface area (TPSA) is 47.3 Å². The van der Waals surface area contributed by atoms with Crippen LogP contribution in [0.5, 0.6) is 5.75 Å². The number of methoxy groups -OCH3 is 1. The molecule has 0 aliphatic carbocycles. The van der Waals surface area contributed by atoms with Crippen LogP contribution in [0.4, 0.5) is 0 Å². The smallest absolute Gasteiger partial charge is 0.124 e. The Labute approximate surface area is 120 Å². The molecule has 1 unspecified atom stereocenters. The lowest BCUT2D eigenvalue weighted by molar-refractivity contribution is 0.403. The van der Waals surface area contributed by atoms with Crippen molar-refractivity contribution in [2.24, 2.45) is 5.84 Å². The maximum absolute atomic E-state index is 5.80. The molecule has 20 heavy (non-hydrogen) atoms. The maximum atomic E-state index is 5.80. The van der Waals surface area contributed by atoms with Gasteiger partial charge in [-0.15, -0.1) is 0 Å². The van der Waals surface area contributed by atoms with Crippen LogP contribution in [0.2, 0.25) is 0 Å². The first-order valence-corrected chi connectivity index (χ1v) is 6.74. The minimum absolute atomic E-state index is 0.0776. The summed E-state index contributed by atoms with van der Waals surface area (Å²) in [6, 6.07) is 12.5. The Hall–Kier alpha value is -1.84. The highest BCUT2D eigenvalue weighted by molar-refractivity contribution is 5.48. The van der Waals surface area contributed by atoms with Gasteiger partial charge in [0.15, 0.2) is 0 Å². The Kier molecular flexibility index (Phi) is 4.42. The quantitative estimate of drug-likeness (QED) is 0.662. The van der Waals surface area contributed by atoms with Crippen LogP contribution < -0.4 is 16.0 Å². The average Bonchev–Trinajstić information content (AvgIpc) is 2.43. The third kappa shape index (κ3) is 2.84. The Morgan fingerprint density at radius 3 is 2.20 bits per heavy atom. The van der Waals surface area contributed by atoms with Gasteiger partial charge >= 0.3 is 0 Å². The third-order valence-corrected chi connectivity index (χ3v) is 3.58. The number of rotatable bonds is 4. The van der Waals surface area contributed by atoms with Gasteiger partial charge in [0.25, 0.3) is 0 Å². The summed E-state index contributed by atoms with van der Waals surface area (Å²) in [5.41, 5.74) is 8.71. The number of aryl methyl sites for hydroxylation is 3. The van der Waals surface area contributed by atoms with Crippen LogP contribution in [-0.2, 0) is 0 Å². The molecule has 0 aliphatic heterocycles. The van der Waals surface area contributed by atoms with Gasteiger partial charge in [-0.3, -0.25) is 5.84 Å². The largest absolute Gasteiger partial charge is 0.496 e. The third-order valence-electron chi connectivity index (χ3n) is 3.58.